The summed E-state index contributed by atoms with van der Waals surface area (Å²) in [6, 6.07) is 3.00. The highest BCUT2D eigenvalue weighted by molar-refractivity contribution is 7.71. The van der Waals surface area contributed by atoms with Gasteiger partial charge < -0.3 is 9.40 Å². The Labute approximate surface area is 77.4 Å². The first-order chi connectivity index (χ1) is 6.25. The zero-order valence-electron chi connectivity index (χ0n) is 6.40. The van der Waals surface area contributed by atoms with Crippen LogP contribution in [0.25, 0.3) is 11.5 Å². The minimum Gasteiger partial charge on any atom is -0.409 e. The minimum absolute atomic E-state index is 0.169. The molecular formula is C7H5N3O2S. The van der Waals surface area contributed by atoms with Crippen molar-refractivity contribution in [2.24, 2.45) is 0 Å². The first kappa shape index (κ1) is 7.93. The van der Waals surface area contributed by atoms with E-state index in [1.807, 2.05) is 0 Å². The molecule has 66 valence electrons. The molecule has 2 N–H and O–H groups in total. The van der Waals surface area contributed by atoms with E-state index in [0.29, 0.717) is 11.5 Å². The standard InChI is InChI=1S/C7H5N3O2S/c11-5-2-1-4(3-8-5)6-9-10-7(13)12-6/h1-3H,(H,8,11)(H,10,13). The molecule has 5 nitrogen and oxygen atoms in total. The van der Waals surface area contributed by atoms with Crippen LogP contribution < -0.4 is 5.56 Å². The molecule has 0 aliphatic heterocycles. The predicted octanol–water partition coefficient (Wildman–Crippen LogP) is 1.09. The van der Waals surface area contributed by atoms with Crippen molar-refractivity contribution in [2.45, 2.75) is 0 Å². The first-order valence-electron chi connectivity index (χ1n) is 3.50. The molecule has 0 unspecified atom stereocenters. The summed E-state index contributed by atoms with van der Waals surface area (Å²) < 4.78 is 5.04. The van der Waals surface area contributed by atoms with E-state index in [4.69, 9.17) is 16.6 Å². The lowest BCUT2D eigenvalue weighted by atomic mass is 10.3. The molecule has 0 fully saturated rings. The summed E-state index contributed by atoms with van der Waals surface area (Å²) in [4.78, 5) is 13.4. The molecule has 0 aliphatic rings. The summed E-state index contributed by atoms with van der Waals surface area (Å²) in [5.74, 6) is 0.362. The van der Waals surface area contributed by atoms with E-state index in [0.717, 1.165) is 0 Å². The number of rotatable bonds is 1. The summed E-state index contributed by atoms with van der Waals surface area (Å²) in [7, 11) is 0. The summed E-state index contributed by atoms with van der Waals surface area (Å²) in [6.07, 6.45) is 1.51. The average molecular weight is 195 g/mol. The maximum absolute atomic E-state index is 10.7. The summed E-state index contributed by atoms with van der Waals surface area (Å²) in [6.45, 7) is 0. The molecule has 6 heteroatoms. The lowest BCUT2D eigenvalue weighted by Crippen LogP contribution is -2.01. The normalized spacial score (nSPS) is 10.2. The van der Waals surface area contributed by atoms with Crippen LogP contribution in [0.1, 0.15) is 0 Å². The van der Waals surface area contributed by atoms with Gasteiger partial charge in [0.25, 0.3) is 4.84 Å². The topological polar surface area (TPSA) is 74.7 Å². The van der Waals surface area contributed by atoms with Crippen molar-refractivity contribution in [2.75, 3.05) is 0 Å². The van der Waals surface area contributed by atoms with Crippen LogP contribution in [0.5, 0.6) is 0 Å². The Kier molecular flexibility index (Phi) is 1.82. The maximum atomic E-state index is 10.7. The van der Waals surface area contributed by atoms with Crippen LogP contribution in [-0.2, 0) is 0 Å². The summed E-state index contributed by atoms with van der Waals surface area (Å²) >= 11 is 4.70. The smallest absolute Gasteiger partial charge is 0.284 e. The van der Waals surface area contributed by atoms with Crippen LogP contribution >= 0.6 is 12.2 Å². The molecule has 13 heavy (non-hydrogen) atoms. The van der Waals surface area contributed by atoms with Crippen molar-refractivity contribution >= 4 is 12.2 Å². The number of nitrogens with zero attached hydrogens (tertiary/aromatic N) is 1. The van der Waals surface area contributed by atoms with Gasteiger partial charge in [0.05, 0.1) is 5.56 Å². The van der Waals surface area contributed by atoms with Crippen molar-refractivity contribution in [3.05, 3.63) is 33.5 Å². The van der Waals surface area contributed by atoms with Gasteiger partial charge in [-0.2, -0.15) is 0 Å². The van der Waals surface area contributed by atoms with E-state index >= 15 is 0 Å². The van der Waals surface area contributed by atoms with Crippen LogP contribution in [-0.4, -0.2) is 15.2 Å². The molecule has 0 spiro atoms. The Morgan fingerprint density at radius 1 is 1.46 bits per heavy atom. The molecule has 0 amide bonds. The van der Waals surface area contributed by atoms with Crippen LogP contribution in [0.3, 0.4) is 0 Å². The number of hydrogen-bond donors (Lipinski definition) is 2. The Balaban J connectivity index is 2.53. The van der Waals surface area contributed by atoms with Crippen LogP contribution in [0, 0.1) is 4.84 Å². The van der Waals surface area contributed by atoms with Crippen LogP contribution in [0.15, 0.2) is 27.5 Å². The lowest BCUT2D eigenvalue weighted by Gasteiger charge is -1.90. The van der Waals surface area contributed by atoms with Gasteiger partial charge in [0.15, 0.2) is 0 Å². The van der Waals surface area contributed by atoms with Gasteiger partial charge in [-0.1, -0.05) is 0 Å². The second-order valence-electron chi connectivity index (χ2n) is 2.36. The fraction of sp³-hybridized carbons (Fsp3) is 0. The predicted molar refractivity (Wildman–Crippen MR) is 47.7 cm³/mol. The van der Waals surface area contributed by atoms with E-state index in [2.05, 4.69) is 15.2 Å². The fourth-order valence-corrected chi connectivity index (χ4v) is 1.02. The highest BCUT2D eigenvalue weighted by Gasteiger charge is 2.02. The van der Waals surface area contributed by atoms with E-state index in [1.165, 1.54) is 12.3 Å². The number of aromatic amines is 2. The quantitative estimate of drug-likeness (QED) is 0.668. The highest BCUT2D eigenvalue weighted by atomic mass is 32.1. The number of hydrogen-bond acceptors (Lipinski definition) is 4. The maximum Gasteiger partial charge on any atom is 0.284 e. The minimum atomic E-state index is -0.169. The molecule has 2 rings (SSSR count). The number of aromatic nitrogens is 3. The number of nitrogens with one attached hydrogen (secondary N) is 2. The van der Waals surface area contributed by atoms with Gasteiger partial charge in [0.2, 0.25) is 11.4 Å². The van der Waals surface area contributed by atoms with E-state index in [1.54, 1.807) is 6.07 Å². The Hall–Kier alpha value is -1.69. The molecule has 0 saturated heterocycles. The Bertz CT molecular complexity index is 504. The van der Waals surface area contributed by atoms with Crippen molar-refractivity contribution < 1.29 is 4.42 Å². The van der Waals surface area contributed by atoms with Crippen LogP contribution in [0.2, 0.25) is 0 Å². The van der Waals surface area contributed by atoms with Crippen molar-refractivity contribution in [1.82, 2.24) is 15.2 Å². The van der Waals surface area contributed by atoms with Gasteiger partial charge in [0, 0.05) is 12.3 Å². The lowest BCUT2D eigenvalue weighted by molar-refractivity contribution is 0.551. The van der Waals surface area contributed by atoms with E-state index in [-0.39, 0.29) is 10.4 Å². The SMILES string of the molecule is O=c1ccc(-c2n[nH]c(=S)o2)c[nH]1. The molecule has 0 aromatic carbocycles. The molecule has 2 heterocycles. The molecule has 2 aromatic rings. The van der Waals surface area contributed by atoms with Gasteiger partial charge in [-0.05, 0) is 18.3 Å². The van der Waals surface area contributed by atoms with Crippen molar-refractivity contribution in [1.29, 1.82) is 0 Å². The summed E-state index contributed by atoms with van der Waals surface area (Å²) in [5.41, 5.74) is 0.504. The van der Waals surface area contributed by atoms with Gasteiger partial charge in [-0.3, -0.25) is 4.79 Å². The van der Waals surface area contributed by atoms with E-state index in [9.17, 15) is 4.79 Å². The van der Waals surface area contributed by atoms with Crippen molar-refractivity contribution in [3.63, 3.8) is 0 Å². The largest absolute Gasteiger partial charge is 0.409 e. The fourth-order valence-electron chi connectivity index (χ4n) is 0.897. The molecule has 0 bridgehead atoms. The van der Waals surface area contributed by atoms with Gasteiger partial charge >= 0.3 is 0 Å². The summed E-state index contributed by atoms with van der Waals surface area (Å²) in [5, 5.41) is 6.29. The number of H-pyrrole nitrogens is 2. The zero-order chi connectivity index (χ0) is 9.26. The monoisotopic (exact) mass is 195 g/mol. The van der Waals surface area contributed by atoms with E-state index < -0.39 is 0 Å². The van der Waals surface area contributed by atoms with Gasteiger partial charge in [0.1, 0.15) is 0 Å². The molecule has 0 saturated carbocycles. The second-order valence-corrected chi connectivity index (χ2v) is 2.73. The first-order valence-corrected chi connectivity index (χ1v) is 3.91. The van der Waals surface area contributed by atoms with Gasteiger partial charge in [-0.15, -0.1) is 5.10 Å². The molecule has 0 atom stereocenters. The third-order valence-electron chi connectivity index (χ3n) is 1.47. The van der Waals surface area contributed by atoms with Crippen LogP contribution in [0.4, 0.5) is 0 Å². The molecule has 0 aliphatic carbocycles. The zero-order valence-corrected chi connectivity index (χ0v) is 7.22. The van der Waals surface area contributed by atoms with Crippen molar-refractivity contribution in [3.8, 4) is 11.5 Å². The Morgan fingerprint density at radius 2 is 2.31 bits per heavy atom. The molecule has 0 radical (unpaired) electrons. The molecule has 2 aromatic heterocycles. The third-order valence-corrected chi connectivity index (χ3v) is 1.64. The molecular weight excluding hydrogens is 190 g/mol. The average Bonchev–Trinajstić information content (AvgIpc) is 2.53. The Morgan fingerprint density at radius 3 is 2.85 bits per heavy atom. The highest BCUT2D eigenvalue weighted by Crippen LogP contribution is 2.12. The second kappa shape index (κ2) is 2.98. The third kappa shape index (κ3) is 1.57. The number of pyridine rings is 1. The van der Waals surface area contributed by atoms with Gasteiger partial charge in [-0.25, -0.2) is 5.10 Å².